The van der Waals surface area contributed by atoms with Gasteiger partial charge in [-0.15, -0.1) is 11.3 Å². The van der Waals surface area contributed by atoms with Crippen molar-refractivity contribution in [3.8, 4) is 5.13 Å². The first kappa shape index (κ1) is 21.2. The topological polar surface area (TPSA) is 105 Å². The molecule has 1 fully saturated rings. The Bertz CT molecular complexity index is 1180. The monoisotopic (exact) mass is 440 g/mol. The normalized spacial score (nSPS) is 14.2. The maximum Gasteiger partial charge on any atom is 0.341 e. The molecule has 0 radical (unpaired) electrons. The van der Waals surface area contributed by atoms with Gasteiger partial charge in [0.1, 0.15) is 17.2 Å². The highest BCUT2D eigenvalue weighted by molar-refractivity contribution is 7.12. The van der Waals surface area contributed by atoms with Crippen LogP contribution < -0.4 is 10.3 Å². The molecule has 1 N–H and O–H groups in total. The van der Waals surface area contributed by atoms with E-state index in [0.717, 1.165) is 12.8 Å². The van der Waals surface area contributed by atoms with Gasteiger partial charge in [0.2, 0.25) is 5.43 Å². The second-order valence-electron chi connectivity index (χ2n) is 8.26. The summed E-state index contributed by atoms with van der Waals surface area (Å²) in [4.78, 5) is 47.5. The van der Waals surface area contributed by atoms with Crippen molar-refractivity contribution in [1.29, 1.82) is 0 Å². The van der Waals surface area contributed by atoms with Gasteiger partial charge >= 0.3 is 5.97 Å². The van der Waals surface area contributed by atoms with Crippen LogP contribution in [0.2, 0.25) is 0 Å². The number of pyridine rings is 2. The number of aromatic nitrogens is 3. The summed E-state index contributed by atoms with van der Waals surface area (Å²) in [7, 11) is 0. The van der Waals surface area contributed by atoms with Gasteiger partial charge in [-0.05, 0) is 24.5 Å². The third-order valence-electron chi connectivity index (χ3n) is 5.56. The SMILES string of the molecule is CC(C)CCCC(=O)C1CN(c2ccc3c(=O)c(C(=O)O)cn(-c4nccs4)c3n2)C1. The van der Waals surface area contributed by atoms with Crippen molar-refractivity contribution in [1.82, 2.24) is 14.5 Å². The first-order valence-electron chi connectivity index (χ1n) is 10.3. The summed E-state index contributed by atoms with van der Waals surface area (Å²) in [6, 6.07) is 3.31. The molecule has 9 heteroatoms. The molecular weight excluding hydrogens is 416 g/mol. The maximum atomic E-state index is 12.6. The molecule has 162 valence electrons. The molecule has 0 unspecified atom stereocenters. The molecule has 8 nitrogen and oxygen atoms in total. The molecule has 0 spiro atoms. The molecule has 0 saturated carbocycles. The highest BCUT2D eigenvalue weighted by atomic mass is 32.1. The molecule has 0 atom stereocenters. The number of nitrogens with zero attached hydrogens (tertiary/aromatic N) is 4. The lowest BCUT2D eigenvalue weighted by atomic mass is 9.91. The van der Waals surface area contributed by atoms with Crippen molar-refractivity contribution in [2.75, 3.05) is 18.0 Å². The zero-order valence-corrected chi connectivity index (χ0v) is 18.3. The van der Waals surface area contributed by atoms with Crippen molar-refractivity contribution in [3.05, 3.63) is 45.7 Å². The lowest BCUT2D eigenvalue weighted by Crippen LogP contribution is -2.50. The summed E-state index contributed by atoms with van der Waals surface area (Å²) in [5.74, 6) is 0.280. The molecule has 0 aliphatic carbocycles. The first-order valence-corrected chi connectivity index (χ1v) is 11.2. The van der Waals surface area contributed by atoms with Gasteiger partial charge in [-0.25, -0.2) is 14.8 Å². The van der Waals surface area contributed by atoms with Crippen LogP contribution in [0, 0.1) is 11.8 Å². The minimum Gasteiger partial charge on any atom is -0.477 e. The van der Waals surface area contributed by atoms with Gasteiger partial charge in [0.05, 0.1) is 11.3 Å². The fraction of sp³-hybridized carbons (Fsp3) is 0.409. The molecule has 4 rings (SSSR count). The zero-order valence-electron chi connectivity index (χ0n) is 17.4. The molecule has 0 bridgehead atoms. The van der Waals surface area contributed by atoms with Crippen LogP contribution in [-0.4, -0.2) is 44.5 Å². The van der Waals surface area contributed by atoms with Gasteiger partial charge in [0.25, 0.3) is 0 Å². The molecule has 3 aromatic rings. The Hall–Kier alpha value is -3.07. The first-order chi connectivity index (χ1) is 14.8. The van der Waals surface area contributed by atoms with E-state index in [0.29, 0.717) is 47.8 Å². The Labute approximate surface area is 183 Å². The van der Waals surface area contributed by atoms with Crippen molar-refractivity contribution < 1.29 is 14.7 Å². The Balaban J connectivity index is 1.60. The number of Topliss-reactive ketones (excluding diaryl/α,β-unsaturated/α-hetero) is 1. The smallest absolute Gasteiger partial charge is 0.341 e. The summed E-state index contributed by atoms with van der Waals surface area (Å²) in [5.41, 5.74) is -0.543. The van der Waals surface area contributed by atoms with Gasteiger partial charge < -0.3 is 10.0 Å². The average Bonchev–Trinajstić information content (AvgIpc) is 3.21. The molecule has 3 aromatic heterocycles. The maximum absolute atomic E-state index is 12.6. The fourth-order valence-corrected chi connectivity index (χ4v) is 4.38. The molecule has 1 aliphatic heterocycles. The second-order valence-corrected chi connectivity index (χ2v) is 9.13. The highest BCUT2D eigenvalue weighted by Gasteiger charge is 2.33. The number of fused-ring (bicyclic) bond motifs is 1. The molecule has 4 heterocycles. The Kier molecular flexibility index (Phi) is 5.86. The van der Waals surface area contributed by atoms with Crippen molar-refractivity contribution in [3.63, 3.8) is 0 Å². The lowest BCUT2D eigenvalue weighted by molar-refractivity contribution is -0.123. The van der Waals surface area contributed by atoms with Crippen LogP contribution in [0.25, 0.3) is 16.2 Å². The molecular formula is C22H24N4O4S. The van der Waals surface area contributed by atoms with Crippen LogP contribution in [0.15, 0.2) is 34.7 Å². The minimum atomic E-state index is -1.29. The zero-order chi connectivity index (χ0) is 22.1. The van der Waals surface area contributed by atoms with E-state index in [4.69, 9.17) is 0 Å². The van der Waals surface area contributed by atoms with E-state index in [2.05, 4.69) is 23.8 Å². The van der Waals surface area contributed by atoms with Gasteiger partial charge in [0.15, 0.2) is 10.8 Å². The molecule has 1 saturated heterocycles. The van der Waals surface area contributed by atoms with Gasteiger partial charge in [-0.1, -0.05) is 20.3 Å². The molecule has 31 heavy (non-hydrogen) atoms. The summed E-state index contributed by atoms with van der Waals surface area (Å²) < 4.78 is 1.54. The van der Waals surface area contributed by atoms with Crippen LogP contribution >= 0.6 is 11.3 Å². The summed E-state index contributed by atoms with van der Waals surface area (Å²) >= 11 is 1.32. The van der Waals surface area contributed by atoms with Crippen molar-refractivity contribution in [2.45, 2.75) is 33.1 Å². The number of anilines is 1. The Morgan fingerprint density at radius 1 is 1.29 bits per heavy atom. The van der Waals surface area contributed by atoms with E-state index in [-0.39, 0.29) is 16.9 Å². The van der Waals surface area contributed by atoms with Gasteiger partial charge in [-0.2, -0.15) is 0 Å². The summed E-state index contributed by atoms with van der Waals surface area (Å²) in [6.07, 6.45) is 5.48. The van der Waals surface area contributed by atoms with E-state index in [1.54, 1.807) is 28.3 Å². The number of hydrogen-bond donors (Lipinski definition) is 1. The van der Waals surface area contributed by atoms with E-state index < -0.39 is 11.4 Å². The molecule has 1 aliphatic rings. The number of carboxylic acid groups (broad SMARTS) is 1. The largest absolute Gasteiger partial charge is 0.477 e. The average molecular weight is 441 g/mol. The van der Waals surface area contributed by atoms with Crippen LogP contribution in [-0.2, 0) is 4.79 Å². The number of ketones is 1. The lowest BCUT2D eigenvalue weighted by Gasteiger charge is -2.39. The van der Waals surface area contributed by atoms with E-state index in [1.807, 2.05) is 4.90 Å². The standard InChI is InChI=1S/C22H24N4O4S/c1-13(2)4-3-5-17(27)14-10-25(11-14)18-7-6-15-19(28)16(21(29)30)12-26(20(15)24-18)22-23-8-9-31-22/h6-9,12-14H,3-5,10-11H2,1-2H3,(H,29,30). The summed E-state index contributed by atoms with van der Waals surface area (Å²) in [6.45, 7) is 5.53. The van der Waals surface area contributed by atoms with Gasteiger partial charge in [0, 0.05) is 37.3 Å². The van der Waals surface area contributed by atoms with Crippen LogP contribution in [0.3, 0.4) is 0 Å². The van der Waals surface area contributed by atoms with Gasteiger partial charge in [-0.3, -0.25) is 14.2 Å². The number of hydrogen-bond acceptors (Lipinski definition) is 7. The van der Waals surface area contributed by atoms with Crippen molar-refractivity contribution in [2.24, 2.45) is 11.8 Å². The Morgan fingerprint density at radius 3 is 2.71 bits per heavy atom. The highest BCUT2D eigenvalue weighted by Crippen LogP contribution is 2.27. The van der Waals surface area contributed by atoms with Crippen molar-refractivity contribution >= 4 is 39.9 Å². The summed E-state index contributed by atoms with van der Waals surface area (Å²) in [5, 5.41) is 11.9. The number of thiazole rings is 1. The van der Waals surface area contributed by atoms with Crippen LogP contribution in [0.4, 0.5) is 5.82 Å². The quantitative estimate of drug-likeness (QED) is 0.572. The number of carbonyl (C=O) groups is 2. The number of aromatic carboxylic acids is 1. The predicted octanol–water partition coefficient (Wildman–Crippen LogP) is 3.37. The number of carboxylic acids is 1. The third kappa shape index (κ3) is 4.23. The predicted molar refractivity (Wildman–Crippen MR) is 119 cm³/mol. The van der Waals surface area contributed by atoms with E-state index >= 15 is 0 Å². The Morgan fingerprint density at radius 2 is 2.06 bits per heavy atom. The van der Waals surface area contributed by atoms with Crippen LogP contribution in [0.1, 0.15) is 43.5 Å². The van der Waals surface area contributed by atoms with E-state index in [1.165, 1.54) is 17.5 Å². The number of carbonyl (C=O) groups excluding carboxylic acids is 1. The van der Waals surface area contributed by atoms with Crippen LogP contribution in [0.5, 0.6) is 0 Å². The molecule has 0 aromatic carbocycles. The third-order valence-corrected chi connectivity index (χ3v) is 6.33. The minimum absolute atomic E-state index is 0.0141. The number of rotatable bonds is 8. The fourth-order valence-electron chi connectivity index (χ4n) is 3.76. The van der Waals surface area contributed by atoms with E-state index in [9.17, 15) is 19.5 Å². The molecule has 0 amide bonds. The second kappa shape index (κ2) is 8.58.